The standard InChI is InChI=1S/3C6H5NO2.CH5N3.2O.U/c3*8-6(9)5-3-1-2-4-7-5;2-1(3)4;;;/h3*1-4H,(H,8,9);(H5,2,3,4);;;/q;;;;2*-2;/p-2. The average Bonchev–Trinajstić information content (AvgIpc) is 2.76. The normalized spacial score (nSPS) is 7.76. The van der Waals surface area contributed by atoms with Crippen molar-refractivity contribution in [2.24, 2.45) is 11.5 Å². The molecule has 3 aromatic heterocycles. The Hall–Kier alpha value is -3.90. The molecule has 0 aliphatic carbocycles. The molecule has 0 saturated carbocycles. The van der Waals surface area contributed by atoms with E-state index in [1.807, 2.05) is 0 Å². The van der Waals surface area contributed by atoms with Gasteiger partial charge in [-0.15, -0.1) is 0 Å². The number of carboxylic acid groups (broad SMARTS) is 3. The molecule has 0 aliphatic rings. The maximum Gasteiger partial charge on any atom is 0.336 e. The molecule has 0 atom stereocenters. The zero-order valence-electron chi connectivity index (χ0n) is 17.3. The van der Waals surface area contributed by atoms with Gasteiger partial charge in [-0.2, -0.15) is 0 Å². The molecule has 0 aliphatic heterocycles. The molecule has 0 fully saturated rings. The summed E-state index contributed by atoms with van der Waals surface area (Å²) in [7, 11) is 0. The van der Waals surface area contributed by atoms with Crippen LogP contribution in [0.1, 0.15) is 31.5 Å². The van der Waals surface area contributed by atoms with E-state index in [2.05, 4.69) is 31.8 Å². The Bertz CT molecular complexity index is 845. The third-order valence-electron chi connectivity index (χ3n) is 2.62. The molecule has 0 bridgehead atoms. The van der Waals surface area contributed by atoms with Crippen molar-refractivity contribution < 1.29 is 77.2 Å². The number of nitrogens with zero attached hydrogens (tertiary/aromatic N) is 3. The first-order valence-corrected chi connectivity index (χ1v) is 8.15. The van der Waals surface area contributed by atoms with Crippen LogP contribution in [0.4, 0.5) is 0 Å². The quantitative estimate of drug-likeness (QED) is 0.172. The van der Waals surface area contributed by atoms with Gasteiger partial charge in [-0.05, 0) is 36.4 Å². The summed E-state index contributed by atoms with van der Waals surface area (Å²) in [5.74, 6) is -3.80. The molecule has 3 heterocycles. The fourth-order valence-corrected chi connectivity index (χ4v) is 1.45. The van der Waals surface area contributed by atoms with Crippen LogP contribution in [0.2, 0.25) is 0 Å². The number of guanidine groups is 1. The first kappa shape index (κ1) is 37.4. The van der Waals surface area contributed by atoms with Gasteiger partial charge in [0.1, 0.15) is 0 Å². The van der Waals surface area contributed by atoms with E-state index in [9.17, 15) is 29.7 Å². The van der Waals surface area contributed by atoms with Crippen LogP contribution in [0.5, 0.6) is 0 Å². The minimum Gasteiger partial charge on any atom is -2.00 e. The maximum atomic E-state index is 10.0. The van der Waals surface area contributed by atoms with Gasteiger partial charge in [0, 0.05) is 49.7 Å². The Balaban J connectivity index is -0.000000177. The number of aromatic carboxylic acids is 3. The second kappa shape index (κ2) is 22.3. The molecular weight excluding hydrogens is 678 g/mol. The maximum absolute atomic E-state index is 10.0. The SMILES string of the molecule is NC(N)=[NH2+].O=C([O-])c1ccccn1.O=C([O-])c1ccccn1.O=C([O-])c1ccccn1.[O-2].[O-2].[U]. The van der Waals surface area contributed by atoms with Gasteiger partial charge in [-0.1, -0.05) is 18.2 Å². The van der Waals surface area contributed by atoms with Gasteiger partial charge in [-0.3, -0.25) is 31.8 Å². The van der Waals surface area contributed by atoms with Crippen LogP contribution in [0.15, 0.2) is 73.2 Å². The number of aromatic nitrogens is 3. The second-order valence-corrected chi connectivity index (χ2v) is 5.01. The van der Waals surface area contributed by atoms with Crippen molar-refractivity contribution >= 4 is 23.9 Å². The fourth-order valence-electron chi connectivity index (χ4n) is 1.45. The molecule has 182 valence electrons. The number of pyridine rings is 3. The zero-order chi connectivity index (χ0) is 23.6. The molecule has 6 N–H and O–H groups in total. The Morgan fingerprint density at radius 3 is 0.912 bits per heavy atom. The number of hydrogen-bond acceptors (Lipinski definition) is 9. The van der Waals surface area contributed by atoms with Gasteiger partial charge in [0.15, 0.2) is 0 Å². The largest absolute Gasteiger partial charge is 2.00 e. The van der Waals surface area contributed by atoms with Crippen LogP contribution < -0.4 is 32.2 Å². The smallest absolute Gasteiger partial charge is 0.336 e. The van der Waals surface area contributed by atoms with Crippen LogP contribution in [0.3, 0.4) is 0 Å². The third kappa shape index (κ3) is 20.0. The van der Waals surface area contributed by atoms with E-state index in [0.29, 0.717) is 0 Å². The van der Waals surface area contributed by atoms with Gasteiger partial charge >= 0.3 is 5.96 Å². The van der Waals surface area contributed by atoms with Crippen LogP contribution >= 0.6 is 0 Å². The molecular formula is C19H18N6O8U-6. The van der Waals surface area contributed by atoms with Gasteiger partial charge in [0.25, 0.3) is 0 Å². The van der Waals surface area contributed by atoms with Crippen LogP contribution in [-0.2, 0) is 11.0 Å². The molecule has 0 aromatic carbocycles. The number of carbonyl (C=O) groups excluding carboxylic acids is 3. The van der Waals surface area contributed by atoms with E-state index in [1.54, 1.807) is 36.4 Å². The molecule has 0 unspecified atom stereocenters. The van der Waals surface area contributed by atoms with E-state index >= 15 is 0 Å². The molecule has 0 amide bonds. The summed E-state index contributed by atoms with van der Waals surface area (Å²) >= 11 is 0. The number of carboxylic acids is 3. The van der Waals surface area contributed by atoms with E-state index in [4.69, 9.17) is 0 Å². The van der Waals surface area contributed by atoms with Gasteiger partial charge < -0.3 is 40.7 Å². The molecule has 34 heavy (non-hydrogen) atoms. The molecule has 14 nitrogen and oxygen atoms in total. The zero-order valence-corrected chi connectivity index (χ0v) is 21.4. The molecule has 0 spiro atoms. The van der Waals surface area contributed by atoms with E-state index in [-0.39, 0.29) is 65.1 Å². The van der Waals surface area contributed by atoms with E-state index < -0.39 is 17.9 Å². The number of carbonyl (C=O) groups is 3. The fraction of sp³-hybridized carbons (Fsp3) is 0. The minimum atomic E-state index is -1.24. The predicted octanol–water partition coefficient (Wildman–Crippen LogP) is -4.88. The van der Waals surface area contributed by atoms with Gasteiger partial charge in [0.05, 0.1) is 35.0 Å². The molecule has 15 heteroatoms. The topological polar surface area (TPSA) is 294 Å². The van der Waals surface area contributed by atoms with Gasteiger partial charge in [0.2, 0.25) is 0 Å². The summed E-state index contributed by atoms with van der Waals surface area (Å²) in [5, 5.41) is 34.7. The van der Waals surface area contributed by atoms with Crippen molar-refractivity contribution in [3.8, 4) is 0 Å². The molecule has 3 aromatic rings. The summed E-state index contributed by atoms with van der Waals surface area (Å²) in [4.78, 5) is 40.6. The van der Waals surface area contributed by atoms with Crippen molar-refractivity contribution in [1.82, 2.24) is 15.0 Å². The van der Waals surface area contributed by atoms with Gasteiger partial charge in [-0.25, -0.2) is 0 Å². The van der Waals surface area contributed by atoms with E-state index in [0.717, 1.165) is 0 Å². The average molecular weight is 696 g/mol. The van der Waals surface area contributed by atoms with Crippen molar-refractivity contribution in [2.45, 2.75) is 0 Å². The van der Waals surface area contributed by atoms with Crippen molar-refractivity contribution in [3.63, 3.8) is 0 Å². The number of nitrogens with two attached hydrogens (primary N) is 3. The molecule has 0 saturated heterocycles. The predicted molar refractivity (Wildman–Crippen MR) is 102 cm³/mol. The summed E-state index contributed by atoms with van der Waals surface area (Å²) in [6.45, 7) is 0. The summed E-state index contributed by atoms with van der Waals surface area (Å²) in [6, 6.07) is 13.9. The Kier molecular flexibility index (Phi) is 24.5. The third-order valence-corrected chi connectivity index (χ3v) is 2.62. The van der Waals surface area contributed by atoms with Crippen LogP contribution in [-0.4, -0.2) is 38.8 Å². The van der Waals surface area contributed by atoms with Crippen molar-refractivity contribution in [1.29, 1.82) is 0 Å². The first-order valence-electron chi connectivity index (χ1n) is 8.15. The minimum absolute atomic E-state index is 0. The summed E-state index contributed by atoms with van der Waals surface area (Å²) in [5.41, 5.74) is 9.08. The van der Waals surface area contributed by atoms with E-state index in [1.165, 1.54) is 36.8 Å². The Morgan fingerprint density at radius 2 is 0.824 bits per heavy atom. The molecule has 3 rings (SSSR count). The second-order valence-electron chi connectivity index (χ2n) is 5.01. The Morgan fingerprint density at radius 1 is 0.618 bits per heavy atom. The number of hydrogen-bond donors (Lipinski definition) is 3. The summed E-state index contributed by atoms with van der Waals surface area (Å²) < 4.78 is 0. The molecule has 0 radical (unpaired) electrons. The van der Waals surface area contributed by atoms with Crippen LogP contribution in [0, 0.1) is 31.1 Å². The van der Waals surface area contributed by atoms with Crippen molar-refractivity contribution in [2.75, 3.05) is 0 Å². The van der Waals surface area contributed by atoms with Crippen LogP contribution in [0.25, 0.3) is 0 Å². The first-order chi connectivity index (χ1) is 14.6. The monoisotopic (exact) mass is 696 g/mol. The van der Waals surface area contributed by atoms with Crippen molar-refractivity contribution in [3.05, 3.63) is 90.3 Å². The Labute approximate surface area is 217 Å². The number of rotatable bonds is 3. The summed E-state index contributed by atoms with van der Waals surface area (Å²) in [6.07, 6.45) is 4.22.